The van der Waals surface area contributed by atoms with E-state index in [1.54, 1.807) is 0 Å². The number of benzene rings is 2. The van der Waals surface area contributed by atoms with E-state index >= 15 is 0 Å². The third-order valence-electron chi connectivity index (χ3n) is 11.5. The number of imidazole rings is 1. The van der Waals surface area contributed by atoms with Crippen LogP contribution in [0, 0.1) is 5.41 Å². The third kappa shape index (κ3) is 7.69. The summed E-state index contributed by atoms with van der Waals surface area (Å²) in [6.07, 6.45) is 15.6. The molecule has 2 bridgehead atoms. The number of H-pyrrole nitrogens is 1. The van der Waals surface area contributed by atoms with Gasteiger partial charge in [-0.1, -0.05) is 39.2 Å². The normalized spacial score (nSPS) is 21.5. The molecule has 1 spiro atoms. The molecule has 2 aromatic heterocycles. The minimum Gasteiger partial charge on any atom is -0.427 e. The Morgan fingerprint density at radius 3 is 2.25 bits per heavy atom. The molecule has 3 fully saturated rings. The number of hydrogen-bond acceptors (Lipinski definition) is 9. The quantitative estimate of drug-likeness (QED) is 0.134. The molecule has 52 heavy (non-hydrogen) atoms. The zero-order chi connectivity index (χ0) is 37.4. The Kier molecular flexibility index (Phi) is 14.0. The highest BCUT2D eigenvalue weighted by atomic mass is 127. The van der Waals surface area contributed by atoms with Gasteiger partial charge in [0.05, 0.1) is 35.1 Å². The van der Waals surface area contributed by atoms with Crippen LogP contribution < -0.4 is 8.80 Å². The number of nitrogens with zero attached hydrogens (tertiary/aromatic N) is 4. The fourth-order valence-corrected chi connectivity index (χ4v) is 9.86. The lowest BCUT2D eigenvalue weighted by molar-refractivity contribution is -0.110. The monoisotopic (exact) mass is 822 g/mol. The lowest BCUT2D eigenvalue weighted by atomic mass is 9.82. The average Bonchev–Trinajstić information content (AvgIpc) is 4.05. The second kappa shape index (κ2) is 18.2. The Balaban J connectivity index is 0.000000429. The zero-order valence-electron chi connectivity index (χ0n) is 31.2. The fraction of sp³-hybridized carbons (Fsp3) is 0.537. The maximum absolute atomic E-state index is 8.92. The van der Waals surface area contributed by atoms with Crippen molar-refractivity contribution in [3.8, 4) is 28.3 Å². The van der Waals surface area contributed by atoms with Gasteiger partial charge in [0.2, 0.25) is 0 Å². The molecule has 2 saturated carbocycles. The highest BCUT2D eigenvalue weighted by Gasteiger charge is 2.45. The van der Waals surface area contributed by atoms with Gasteiger partial charge in [0.1, 0.15) is 24.6 Å². The maximum Gasteiger partial charge on any atom is 0.192 e. The fourth-order valence-electron chi connectivity index (χ4n) is 9.45. The first-order valence-electron chi connectivity index (χ1n) is 18.9. The van der Waals surface area contributed by atoms with Gasteiger partial charge in [-0.2, -0.15) is 0 Å². The number of likely N-dealkylation sites (tertiary alicyclic amines) is 1. The first kappa shape index (κ1) is 39.9. The molecular formula is C41H55IN6O4. The van der Waals surface area contributed by atoms with Gasteiger partial charge in [-0.15, -0.1) is 10.2 Å². The Bertz CT molecular complexity index is 1820. The van der Waals surface area contributed by atoms with Crippen LogP contribution in [0.5, 0.6) is 5.75 Å². The molecule has 3 heterocycles. The minimum absolute atomic E-state index is 0.361. The molecule has 4 aromatic rings. The molecule has 2 aromatic carbocycles. The van der Waals surface area contributed by atoms with Crippen LogP contribution >= 0.6 is 23.0 Å². The van der Waals surface area contributed by atoms with Crippen molar-refractivity contribution in [1.82, 2.24) is 25.1 Å². The van der Waals surface area contributed by atoms with Crippen molar-refractivity contribution in [2.75, 3.05) is 27.2 Å². The first-order valence-corrected chi connectivity index (χ1v) is 19.8. The molecule has 0 radical (unpaired) electrons. The van der Waals surface area contributed by atoms with Gasteiger partial charge in [-0.3, -0.25) is 4.90 Å². The van der Waals surface area contributed by atoms with E-state index in [0.29, 0.717) is 29.6 Å². The number of aromatic nitrogens is 4. The molecule has 10 nitrogen and oxygen atoms in total. The number of aldehydes is 1. The van der Waals surface area contributed by atoms with E-state index in [1.807, 2.05) is 6.79 Å². The number of aliphatic hydroxyl groups is 1. The topological polar surface area (TPSA) is 147 Å². The van der Waals surface area contributed by atoms with Gasteiger partial charge in [-0.25, -0.2) is 4.98 Å². The summed E-state index contributed by atoms with van der Waals surface area (Å²) in [6, 6.07) is 11.5. The van der Waals surface area contributed by atoms with Gasteiger partial charge in [0.15, 0.2) is 23.0 Å². The van der Waals surface area contributed by atoms with E-state index in [0.717, 1.165) is 53.4 Å². The van der Waals surface area contributed by atoms with Crippen LogP contribution in [0.1, 0.15) is 124 Å². The number of carbonyl (C=O) groups excluding carboxylic acids is 2. The van der Waals surface area contributed by atoms with Crippen LogP contribution in [-0.2, 0) is 22.4 Å². The molecule has 4 N–H and O–H groups in total. The van der Waals surface area contributed by atoms with Crippen LogP contribution in [-0.4, -0.2) is 70.5 Å². The number of nitrogens with two attached hydrogens (primary N) is 1. The van der Waals surface area contributed by atoms with E-state index in [1.165, 1.54) is 105 Å². The van der Waals surface area contributed by atoms with Crippen LogP contribution in [0.4, 0.5) is 0 Å². The summed E-state index contributed by atoms with van der Waals surface area (Å²) in [5, 5.41) is 17.7. The zero-order valence-corrected chi connectivity index (χ0v) is 33.4. The first-order chi connectivity index (χ1) is 25.4. The third-order valence-corrected chi connectivity index (χ3v) is 12.0. The number of fused-ring (bicyclic) bond motifs is 7. The lowest BCUT2D eigenvalue weighted by Crippen LogP contribution is -2.18. The van der Waals surface area contributed by atoms with Crippen molar-refractivity contribution in [2.24, 2.45) is 11.1 Å². The number of nitrogens with one attached hydrogen (secondary N) is 1. The summed E-state index contributed by atoms with van der Waals surface area (Å²) in [4.78, 5) is 28.0. The Morgan fingerprint density at radius 2 is 1.63 bits per heavy atom. The van der Waals surface area contributed by atoms with Gasteiger partial charge < -0.3 is 28.5 Å². The maximum atomic E-state index is 8.92. The van der Waals surface area contributed by atoms with Crippen LogP contribution in [0.15, 0.2) is 30.3 Å². The van der Waals surface area contributed by atoms with Crippen molar-refractivity contribution < 1.29 is 17.8 Å². The summed E-state index contributed by atoms with van der Waals surface area (Å²) in [7, 11) is 3.71. The summed E-state index contributed by atoms with van der Waals surface area (Å²) >= 11 is 2.06. The molecule has 0 amide bonds. The van der Waals surface area contributed by atoms with Gasteiger partial charge >= 0.3 is 0 Å². The predicted molar refractivity (Wildman–Crippen MR) is 216 cm³/mol. The second-order valence-electron chi connectivity index (χ2n) is 14.7. The van der Waals surface area contributed by atoms with Crippen LogP contribution in [0.25, 0.3) is 33.5 Å². The largest absolute Gasteiger partial charge is 0.427 e. The van der Waals surface area contributed by atoms with Crippen molar-refractivity contribution in [1.29, 1.82) is 0 Å². The number of halogens is 1. The molecule has 1 aliphatic heterocycles. The lowest BCUT2D eigenvalue weighted by Gasteiger charge is -2.23. The molecule has 4 aliphatic carbocycles. The van der Waals surface area contributed by atoms with E-state index in [9.17, 15) is 0 Å². The molecule has 3 unspecified atom stereocenters. The van der Waals surface area contributed by atoms with Crippen LogP contribution in [0.2, 0.25) is 0 Å². The molecule has 9 rings (SSSR count). The highest BCUT2D eigenvalue weighted by Crippen LogP contribution is 2.59. The summed E-state index contributed by atoms with van der Waals surface area (Å²) < 4.78 is 5.87. The standard InChI is InChI=1S/C34H36IN5O.C3H8.C2H4O2.CH5N.CH2O/c1-40-14-4-5-27(40)33-36-25-10-8-21(16-26(25)37-33)31-29-19-6-7-20(15-19)30(29)32(39-38-31)22-9-11-28(41-35)24-18-34(17-23(22)24)12-2-3-13-34;1-3-2;3-1-2-4;2*1-2/h8-11,16,19-20,27H,2-7,12-15,17-18H2,1H3,(H,36,37);3H2,1-2H3;1,4H,2H2;2H2,1H3;1H2. The molecule has 11 heteroatoms. The van der Waals surface area contributed by atoms with Crippen molar-refractivity contribution in [2.45, 2.75) is 109 Å². The highest BCUT2D eigenvalue weighted by molar-refractivity contribution is 14.1. The number of rotatable bonds is 5. The van der Waals surface area contributed by atoms with Crippen LogP contribution in [0.3, 0.4) is 0 Å². The summed E-state index contributed by atoms with van der Waals surface area (Å²) in [6.45, 7) is 7.03. The van der Waals surface area contributed by atoms with Gasteiger partial charge in [0, 0.05) is 11.1 Å². The van der Waals surface area contributed by atoms with Crippen molar-refractivity contribution in [3.63, 3.8) is 0 Å². The van der Waals surface area contributed by atoms with E-state index in [4.69, 9.17) is 32.9 Å². The summed E-state index contributed by atoms with van der Waals surface area (Å²) in [5.74, 6) is 3.32. The smallest absolute Gasteiger partial charge is 0.192 e. The predicted octanol–water partition coefficient (Wildman–Crippen LogP) is 8.19. The second-order valence-corrected chi connectivity index (χ2v) is 15.1. The molecule has 280 valence electrons. The summed E-state index contributed by atoms with van der Waals surface area (Å²) in [5.41, 5.74) is 17.7. The van der Waals surface area contributed by atoms with Gasteiger partial charge in [-0.05, 0) is 142 Å². The minimum atomic E-state index is -0.361. The number of aromatic amines is 1. The van der Waals surface area contributed by atoms with E-state index < -0.39 is 0 Å². The molecule has 3 atom stereocenters. The van der Waals surface area contributed by atoms with Crippen molar-refractivity contribution in [3.05, 3.63) is 58.4 Å². The average molecular weight is 823 g/mol. The Morgan fingerprint density at radius 1 is 1.00 bits per heavy atom. The number of carbonyl (C=O) groups is 2. The molecule has 1 saturated heterocycles. The van der Waals surface area contributed by atoms with E-state index in [2.05, 4.69) is 89.9 Å². The van der Waals surface area contributed by atoms with E-state index in [-0.39, 0.29) is 6.61 Å². The Hall–Kier alpha value is -3.26. The SMILES string of the molecule is C=O.CCC.CN.CN1CCCC1c1nc2ccc(-c3nnc(-c4ccc(OI)c5c4CC4(CCCC4)C5)c4c3C3CCC4C3)cc2[nH]1.O=CCO. The van der Waals surface area contributed by atoms with Crippen molar-refractivity contribution >= 4 is 47.1 Å². The molecular weight excluding hydrogens is 767 g/mol. The Labute approximate surface area is 322 Å². The number of aliphatic hydroxyl groups excluding tert-OH is 1. The molecule has 5 aliphatic rings. The number of hydrogen-bond donors (Lipinski definition) is 3. The van der Waals surface area contributed by atoms with Gasteiger partial charge in [0.25, 0.3) is 0 Å².